The minimum Gasteiger partial charge on any atom is -0.378 e. The van der Waals surface area contributed by atoms with Gasteiger partial charge in [0, 0.05) is 5.69 Å². The van der Waals surface area contributed by atoms with E-state index >= 15 is 0 Å². The molecule has 18 heavy (non-hydrogen) atoms. The summed E-state index contributed by atoms with van der Waals surface area (Å²) in [5.74, 6) is 0.604. The number of hydrogen-bond acceptors (Lipinski definition) is 1. The quantitative estimate of drug-likeness (QED) is 0.783. The molecule has 2 atom stereocenters. The molecule has 0 fully saturated rings. The average Bonchev–Trinajstić information content (AvgIpc) is 2.46. The Morgan fingerprint density at radius 1 is 0.889 bits per heavy atom. The van der Waals surface area contributed by atoms with Crippen LogP contribution < -0.4 is 5.32 Å². The first kappa shape index (κ1) is 12.7. The number of rotatable bonds is 5. The van der Waals surface area contributed by atoms with Crippen molar-refractivity contribution >= 4 is 5.69 Å². The predicted molar refractivity (Wildman–Crippen MR) is 78.7 cm³/mol. The van der Waals surface area contributed by atoms with Crippen LogP contribution in [0, 0.1) is 5.92 Å². The summed E-state index contributed by atoms with van der Waals surface area (Å²) in [4.78, 5) is 0. The Labute approximate surface area is 110 Å². The monoisotopic (exact) mass is 239 g/mol. The van der Waals surface area contributed by atoms with Crippen LogP contribution in [0.5, 0.6) is 0 Å². The molecule has 2 aromatic carbocycles. The summed E-state index contributed by atoms with van der Waals surface area (Å²) in [6.45, 7) is 4.54. The molecule has 2 unspecified atom stereocenters. The maximum absolute atomic E-state index is 3.65. The SMILES string of the molecule is CCC(C)C(Nc1ccccc1)c1ccccc1. The second kappa shape index (κ2) is 6.25. The van der Waals surface area contributed by atoms with Crippen LogP contribution in [0.3, 0.4) is 0 Å². The third-order valence-electron chi connectivity index (χ3n) is 3.47. The fourth-order valence-corrected chi connectivity index (χ4v) is 2.16. The van der Waals surface area contributed by atoms with Crippen LogP contribution in [0.15, 0.2) is 60.7 Å². The molecule has 0 aliphatic carbocycles. The molecule has 1 heteroatoms. The Bertz CT molecular complexity index is 450. The maximum atomic E-state index is 3.65. The zero-order valence-corrected chi connectivity index (χ0v) is 11.1. The van der Waals surface area contributed by atoms with E-state index in [4.69, 9.17) is 0 Å². The summed E-state index contributed by atoms with van der Waals surface area (Å²) < 4.78 is 0. The highest BCUT2D eigenvalue weighted by atomic mass is 14.9. The lowest BCUT2D eigenvalue weighted by atomic mass is 9.92. The fraction of sp³-hybridized carbons (Fsp3) is 0.294. The molecule has 94 valence electrons. The van der Waals surface area contributed by atoms with Crippen molar-refractivity contribution in [2.75, 3.05) is 5.32 Å². The van der Waals surface area contributed by atoms with Gasteiger partial charge in [0.15, 0.2) is 0 Å². The zero-order valence-electron chi connectivity index (χ0n) is 11.1. The standard InChI is InChI=1S/C17H21N/c1-3-14(2)17(15-10-6-4-7-11-15)18-16-12-8-5-9-13-16/h4-14,17-18H,3H2,1-2H3. The van der Waals surface area contributed by atoms with Crippen molar-refractivity contribution in [3.8, 4) is 0 Å². The molecule has 0 aliphatic heterocycles. The first-order chi connectivity index (χ1) is 8.81. The van der Waals surface area contributed by atoms with E-state index in [1.165, 1.54) is 17.7 Å². The third-order valence-corrected chi connectivity index (χ3v) is 3.47. The van der Waals surface area contributed by atoms with Crippen molar-refractivity contribution in [1.82, 2.24) is 0 Å². The molecule has 0 radical (unpaired) electrons. The minimum atomic E-state index is 0.374. The highest BCUT2D eigenvalue weighted by Crippen LogP contribution is 2.28. The Hall–Kier alpha value is -1.76. The first-order valence-electron chi connectivity index (χ1n) is 6.67. The molecule has 0 aromatic heterocycles. The predicted octanol–water partition coefficient (Wildman–Crippen LogP) is 4.89. The molecule has 0 aliphatic rings. The Morgan fingerprint density at radius 2 is 1.44 bits per heavy atom. The Kier molecular flexibility index (Phi) is 4.40. The summed E-state index contributed by atoms with van der Waals surface area (Å²) >= 11 is 0. The molecular formula is C17H21N. The number of para-hydroxylation sites is 1. The topological polar surface area (TPSA) is 12.0 Å². The lowest BCUT2D eigenvalue weighted by molar-refractivity contribution is 0.482. The van der Waals surface area contributed by atoms with Gasteiger partial charge in [-0.3, -0.25) is 0 Å². The van der Waals surface area contributed by atoms with Crippen molar-refractivity contribution < 1.29 is 0 Å². The second-order valence-corrected chi connectivity index (χ2v) is 4.78. The molecule has 2 aromatic rings. The van der Waals surface area contributed by atoms with Gasteiger partial charge >= 0.3 is 0 Å². The van der Waals surface area contributed by atoms with E-state index < -0.39 is 0 Å². The fourth-order valence-electron chi connectivity index (χ4n) is 2.16. The third kappa shape index (κ3) is 3.13. The number of benzene rings is 2. The van der Waals surface area contributed by atoms with Crippen LogP contribution in [-0.2, 0) is 0 Å². The Morgan fingerprint density at radius 3 is 2.00 bits per heavy atom. The van der Waals surface area contributed by atoms with E-state index in [9.17, 15) is 0 Å². The van der Waals surface area contributed by atoms with Crippen LogP contribution in [0.1, 0.15) is 31.9 Å². The van der Waals surface area contributed by atoms with Crippen LogP contribution in [-0.4, -0.2) is 0 Å². The molecule has 2 rings (SSSR count). The smallest absolute Gasteiger partial charge is 0.0539 e. The normalized spacial score (nSPS) is 13.9. The van der Waals surface area contributed by atoms with Gasteiger partial charge in [-0.2, -0.15) is 0 Å². The van der Waals surface area contributed by atoms with E-state index in [1.54, 1.807) is 0 Å². The van der Waals surface area contributed by atoms with Gasteiger partial charge in [0.05, 0.1) is 6.04 Å². The van der Waals surface area contributed by atoms with Crippen molar-refractivity contribution in [3.05, 3.63) is 66.2 Å². The summed E-state index contributed by atoms with van der Waals surface area (Å²) in [6.07, 6.45) is 1.17. The van der Waals surface area contributed by atoms with E-state index in [2.05, 4.69) is 73.8 Å². The van der Waals surface area contributed by atoms with Gasteiger partial charge in [0.25, 0.3) is 0 Å². The lowest BCUT2D eigenvalue weighted by Crippen LogP contribution is -2.18. The van der Waals surface area contributed by atoms with Crippen molar-refractivity contribution in [1.29, 1.82) is 0 Å². The molecule has 1 nitrogen and oxygen atoms in total. The zero-order chi connectivity index (χ0) is 12.8. The van der Waals surface area contributed by atoms with Gasteiger partial charge in [0.2, 0.25) is 0 Å². The van der Waals surface area contributed by atoms with Gasteiger partial charge in [-0.15, -0.1) is 0 Å². The summed E-state index contributed by atoms with van der Waals surface area (Å²) in [5, 5.41) is 3.65. The van der Waals surface area contributed by atoms with Crippen molar-refractivity contribution in [2.45, 2.75) is 26.3 Å². The van der Waals surface area contributed by atoms with Gasteiger partial charge in [-0.25, -0.2) is 0 Å². The van der Waals surface area contributed by atoms with Gasteiger partial charge in [0.1, 0.15) is 0 Å². The lowest BCUT2D eigenvalue weighted by Gasteiger charge is -2.26. The van der Waals surface area contributed by atoms with Crippen LogP contribution >= 0.6 is 0 Å². The highest BCUT2D eigenvalue weighted by Gasteiger charge is 2.17. The van der Waals surface area contributed by atoms with E-state index in [1.807, 2.05) is 6.07 Å². The molecule has 0 saturated carbocycles. The molecule has 0 heterocycles. The maximum Gasteiger partial charge on any atom is 0.0539 e. The number of hydrogen-bond donors (Lipinski definition) is 1. The highest BCUT2D eigenvalue weighted by molar-refractivity contribution is 5.45. The molecule has 0 bridgehead atoms. The minimum absolute atomic E-state index is 0.374. The number of nitrogens with one attached hydrogen (secondary N) is 1. The summed E-state index contributed by atoms with van der Waals surface area (Å²) in [6, 6.07) is 21.5. The number of anilines is 1. The molecule has 0 saturated heterocycles. The van der Waals surface area contributed by atoms with E-state index in [0.29, 0.717) is 12.0 Å². The van der Waals surface area contributed by atoms with Crippen molar-refractivity contribution in [2.24, 2.45) is 5.92 Å². The van der Waals surface area contributed by atoms with Gasteiger partial charge in [-0.05, 0) is 23.6 Å². The molecule has 0 spiro atoms. The van der Waals surface area contributed by atoms with Gasteiger partial charge < -0.3 is 5.32 Å². The van der Waals surface area contributed by atoms with Crippen LogP contribution in [0.2, 0.25) is 0 Å². The largest absolute Gasteiger partial charge is 0.378 e. The Balaban J connectivity index is 2.21. The molecule has 1 N–H and O–H groups in total. The first-order valence-corrected chi connectivity index (χ1v) is 6.67. The summed E-state index contributed by atoms with van der Waals surface area (Å²) in [5.41, 5.74) is 2.54. The van der Waals surface area contributed by atoms with Gasteiger partial charge in [-0.1, -0.05) is 68.8 Å². The van der Waals surface area contributed by atoms with Crippen LogP contribution in [0.25, 0.3) is 0 Å². The summed E-state index contributed by atoms with van der Waals surface area (Å²) in [7, 11) is 0. The molecular weight excluding hydrogens is 218 g/mol. The average molecular weight is 239 g/mol. The van der Waals surface area contributed by atoms with Crippen LogP contribution in [0.4, 0.5) is 5.69 Å². The molecule has 0 amide bonds. The van der Waals surface area contributed by atoms with E-state index in [0.717, 1.165) is 0 Å². The van der Waals surface area contributed by atoms with Crippen molar-refractivity contribution in [3.63, 3.8) is 0 Å². The second-order valence-electron chi connectivity index (χ2n) is 4.78. The van der Waals surface area contributed by atoms with E-state index in [-0.39, 0.29) is 0 Å².